The number of hydrogen-bond donors (Lipinski definition) is 1. The summed E-state index contributed by atoms with van der Waals surface area (Å²) in [5, 5.41) is 13.7. The number of anilines is 1. The van der Waals surface area contributed by atoms with Crippen molar-refractivity contribution in [3.05, 3.63) is 40.0 Å². The van der Waals surface area contributed by atoms with E-state index < -0.39 is 0 Å². The Labute approximate surface area is 111 Å². The Kier molecular flexibility index (Phi) is 3.47. The molecule has 0 saturated carbocycles. The molecule has 0 radical (unpaired) electrons. The van der Waals surface area contributed by atoms with Gasteiger partial charge in [-0.15, -0.1) is 9.90 Å². The second-order valence-corrected chi connectivity index (χ2v) is 4.33. The molecular formula is C10H8IN5O. The Balaban J connectivity index is 2.14. The number of benzene rings is 1. The van der Waals surface area contributed by atoms with E-state index in [4.69, 9.17) is 0 Å². The van der Waals surface area contributed by atoms with Crippen LogP contribution in [-0.2, 0) is 0 Å². The third-order valence-electron chi connectivity index (χ3n) is 1.90. The zero-order chi connectivity index (χ0) is 12.3. The monoisotopic (exact) mass is 341 g/mol. The van der Waals surface area contributed by atoms with Gasteiger partial charge in [-0.2, -0.15) is 0 Å². The van der Waals surface area contributed by atoms with Gasteiger partial charge in [0.1, 0.15) is 0 Å². The minimum absolute atomic E-state index is 0.147. The summed E-state index contributed by atoms with van der Waals surface area (Å²) in [5.74, 6) is -0.124. The number of halogens is 1. The number of nitrogens with one attached hydrogen (secondary N) is 1. The minimum Gasteiger partial charge on any atom is -0.288 e. The van der Waals surface area contributed by atoms with Crippen LogP contribution in [0.3, 0.4) is 0 Å². The van der Waals surface area contributed by atoms with Gasteiger partial charge in [0.15, 0.2) is 0 Å². The van der Waals surface area contributed by atoms with Crippen LogP contribution >= 0.6 is 22.6 Å². The summed E-state index contributed by atoms with van der Waals surface area (Å²) in [6.45, 7) is 3.48. The molecule has 0 aliphatic heterocycles. The van der Waals surface area contributed by atoms with E-state index in [9.17, 15) is 4.79 Å². The predicted molar refractivity (Wildman–Crippen MR) is 71.3 cm³/mol. The molecule has 1 heterocycles. The van der Waals surface area contributed by atoms with Crippen LogP contribution in [0.15, 0.2) is 30.8 Å². The topological polar surface area (TPSA) is 72.7 Å². The molecule has 7 heteroatoms. The standard InChI is InChI=1S/C10H8IN5O/c1-2-16-14-10(13-15-16)12-9(17)7-4-3-5-8(11)6-7/h2-6H,1H2,(H,12,14,17). The van der Waals surface area contributed by atoms with Crippen molar-refractivity contribution in [1.29, 1.82) is 0 Å². The minimum atomic E-state index is -0.271. The van der Waals surface area contributed by atoms with Crippen molar-refractivity contribution in [2.45, 2.75) is 0 Å². The van der Waals surface area contributed by atoms with Crippen molar-refractivity contribution in [2.24, 2.45) is 0 Å². The first-order chi connectivity index (χ1) is 8.19. The van der Waals surface area contributed by atoms with Gasteiger partial charge < -0.3 is 0 Å². The molecule has 6 nitrogen and oxygen atoms in total. The maximum absolute atomic E-state index is 11.8. The lowest BCUT2D eigenvalue weighted by Gasteiger charge is -2.00. The van der Waals surface area contributed by atoms with E-state index in [1.54, 1.807) is 12.1 Å². The Hall–Kier alpha value is -1.77. The molecule has 0 aliphatic carbocycles. The predicted octanol–water partition coefficient (Wildman–Crippen LogP) is 1.63. The highest BCUT2D eigenvalue weighted by Crippen LogP contribution is 2.09. The summed E-state index contributed by atoms with van der Waals surface area (Å²) in [5.41, 5.74) is 0.548. The lowest BCUT2D eigenvalue weighted by molar-refractivity contribution is 0.102. The van der Waals surface area contributed by atoms with Crippen LogP contribution < -0.4 is 5.32 Å². The van der Waals surface area contributed by atoms with Gasteiger partial charge in [-0.05, 0) is 46.0 Å². The highest BCUT2D eigenvalue weighted by Gasteiger charge is 2.09. The van der Waals surface area contributed by atoms with Crippen molar-refractivity contribution in [1.82, 2.24) is 20.2 Å². The fraction of sp³-hybridized carbons (Fsp3) is 0. The third-order valence-corrected chi connectivity index (χ3v) is 2.57. The van der Waals surface area contributed by atoms with E-state index in [0.29, 0.717) is 5.56 Å². The maximum Gasteiger partial charge on any atom is 0.270 e. The number of hydrogen-bond acceptors (Lipinski definition) is 4. The quantitative estimate of drug-likeness (QED) is 0.862. The maximum atomic E-state index is 11.8. The molecule has 0 fully saturated rings. The van der Waals surface area contributed by atoms with Crippen LogP contribution in [0.5, 0.6) is 0 Å². The molecule has 2 aromatic rings. The van der Waals surface area contributed by atoms with Crippen LogP contribution in [0.2, 0.25) is 0 Å². The molecule has 2 rings (SSSR count). The summed E-state index contributed by atoms with van der Waals surface area (Å²) >= 11 is 2.14. The lowest BCUT2D eigenvalue weighted by Crippen LogP contribution is -2.13. The highest BCUT2D eigenvalue weighted by molar-refractivity contribution is 14.1. The van der Waals surface area contributed by atoms with Crippen LogP contribution in [0.1, 0.15) is 10.4 Å². The zero-order valence-corrected chi connectivity index (χ0v) is 10.8. The van der Waals surface area contributed by atoms with Crippen molar-refractivity contribution >= 4 is 40.6 Å². The van der Waals surface area contributed by atoms with E-state index in [1.807, 2.05) is 12.1 Å². The van der Waals surface area contributed by atoms with Crippen LogP contribution in [0.25, 0.3) is 6.20 Å². The van der Waals surface area contributed by atoms with Gasteiger partial charge in [0.2, 0.25) is 0 Å². The van der Waals surface area contributed by atoms with Crippen molar-refractivity contribution < 1.29 is 4.79 Å². The smallest absolute Gasteiger partial charge is 0.270 e. The van der Waals surface area contributed by atoms with Gasteiger partial charge >= 0.3 is 0 Å². The van der Waals surface area contributed by atoms with Gasteiger partial charge in [-0.1, -0.05) is 17.7 Å². The second-order valence-electron chi connectivity index (χ2n) is 3.08. The average molecular weight is 341 g/mol. The molecule has 0 bridgehead atoms. The molecular weight excluding hydrogens is 333 g/mol. The van der Waals surface area contributed by atoms with Crippen LogP contribution in [-0.4, -0.2) is 26.1 Å². The van der Waals surface area contributed by atoms with E-state index in [0.717, 1.165) is 3.57 Å². The van der Waals surface area contributed by atoms with Crippen molar-refractivity contribution in [3.63, 3.8) is 0 Å². The highest BCUT2D eigenvalue weighted by atomic mass is 127. The summed E-state index contributed by atoms with van der Waals surface area (Å²) in [7, 11) is 0. The second kappa shape index (κ2) is 5.04. The molecule has 0 atom stereocenters. The molecule has 0 spiro atoms. The summed E-state index contributed by atoms with van der Waals surface area (Å²) in [6, 6.07) is 7.21. The Morgan fingerprint density at radius 3 is 3.00 bits per heavy atom. The largest absolute Gasteiger partial charge is 0.288 e. The van der Waals surface area contributed by atoms with Crippen molar-refractivity contribution in [2.75, 3.05) is 5.32 Å². The van der Waals surface area contributed by atoms with E-state index in [1.165, 1.54) is 11.0 Å². The van der Waals surface area contributed by atoms with Crippen LogP contribution in [0, 0.1) is 3.57 Å². The number of amides is 1. The summed E-state index contributed by atoms with van der Waals surface area (Å²) < 4.78 is 0.984. The summed E-state index contributed by atoms with van der Waals surface area (Å²) in [4.78, 5) is 13.0. The first-order valence-electron chi connectivity index (χ1n) is 4.68. The SMILES string of the molecule is C=Cn1nnc(NC(=O)c2cccc(I)c2)n1. The number of carbonyl (C=O) groups excluding carboxylic acids is 1. The van der Waals surface area contributed by atoms with Crippen molar-refractivity contribution in [3.8, 4) is 0 Å². The normalized spacial score (nSPS) is 9.94. The summed E-state index contributed by atoms with van der Waals surface area (Å²) in [6.07, 6.45) is 1.38. The van der Waals surface area contributed by atoms with Gasteiger partial charge in [0.05, 0.1) is 0 Å². The van der Waals surface area contributed by atoms with E-state index in [-0.39, 0.29) is 11.9 Å². The molecule has 86 valence electrons. The first kappa shape index (κ1) is 11.7. The molecule has 0 saturated heterocycles. The fourth-order valence-corrected chi connectivity index (χ4v) is 1.70. The van der Waals surface area contributed by atoms with E-state index in [2.05, 4.69) is 49.9 Å². The fourth-order valence-electron chi connectivity index (χ4n) is 1.16. The van der Waals surface area contributed by atoms with Gasteiger partial charge in [0.25, 0.3) is 11.9 Å². The molecule has 1 N–H and O–H groups in total. The van der Waals surface area contributed by atoms with E-state index >= 15 is 0 Å². The molecule has 0 aliphatic rings. The number of rotatable bonds is 3. The average Bonchev–Trinajstić information content (AvgIpc) is 2.77. The molecule has 1 aromatic carbocycles. The number of nitrogens with zero attached hydrogens (tertiary/aromatic N) is 4. The zero-order valence-electron chi connectivity index (χ0n) is 8.67. The number of aromatic nitrogens is 4. The molecule has 1 amide bonds. The third kappa shape index (κ3) is 2.87. The lowest BCUT2D eigenvalue weighted by atomic mass is 10.2. The number of tetrazole rings is 1. The van der Waals surface area contributed by atoms with Gasteiger partial charge in [-0.3, -0.25) is 10.1 Å². The Morgan fingerprint density at radius 1 is 1.53 bits per heavy atom. The number of carbonyl (C=O) groups is 1. The Bertz CT molecular complexity index is 565. The van der Waals surface area contributed by atoms with Gasteiger partial charge in [0, 0.05) is 15.3 Å². The Morgan fingerprint density at radius 2 is 2.35 bits per heavy atom. The van der Waals surface area contributed by atoms with Crippen LogP contribution in [0.4, 0.5) is 5.95 Å². The molecule has 0 unspecified atom stereocenters. The molecule has 1 aromatic heterocycles. The first-order valence-corrected chi connectivity index (χ1v) is 5.76. The van der Waals surface area contributed by atoms with Gasteiger partial charge in [-0.25, -0.2) is 0 Å². The molecule has 17 heavy (non-hydrogen) atoms.